The van der Waals surface area contributed by atoms with Gasteiger partial charge in [-0.15, -0.1) is 0 Å². The number of pyridine rings is 1. The molecule has 0 N–H and O–H groups in total. The summed E-state index contributed by atoms with van der Waals surface area (Å²) in [7, 11) is 4.14. The topological polar surface area (TPSA) is 28.5 Å². The zero-order valence-corrected chi connectivity index (χ0v) is 14.8. The SMILES string of the molecule is Cc1cc(-c2ncccc2-c2ccc3c(c2)C=NC3)ccc1N(C)C. The van der Waals surface area contributed by atoms with Crippen LogP contribution in [0.3, 0.4) is 0 Å². The second-order valence-corrected chi connectivity index (χ2v) is 6.68. The molecular weight excluding hydrogens is 306 g/mol. The number of fused-ring (bicyclic) bond motifs is 1. The molecule has 0 atom stereocenters. The highest BCUT2D eigenvalue weighted by molar-refractivity contribution is 5.89. The first-order chi connectivity index (χ1) is 12.1. The number of hydrogen-bond donors (Lipinski definition) is 0. The Balaban J connectivity index is 1.82. The number of aliphatic imine (C=N–C) groups is 1. The third-order valence-electron chi connectivity index (χ3n) is 4.71. The molecule has 2 heterocycles. The smallest absolute Gasteiger partial charge is 0.0780 e. The molecular formula is C22H21N3. The molecule has 0 saturated carbocycles. The van der Waals surface area contributed by atoms with Crippen LogP contribution < -0.4 is 4.90 Å². The third-order valence-corrected chi connectivity index (χ3v) is 4.71. The Morgan fingerprint density at radius 2 is 1.80 bits per heavy atom. The van der Waals surface area contributed by atoms with Crippen LogP contribution in [0.2, 0.25) is 0 Å². The van der Waals surface area contributed by atoms with Gasteiger partial charge in [-0.1, -0.05) is 24.3 Å². The van der Waals surface area contributed by atoms with Crippen molar-refractivity contribution in [3.8, 4) is 22.4 Å². The van der Waals surface area contributed by atoms with E-state index < -0.39 is 0 Å². The molecule has 1 aromatic heterocycles. The summed E-state index contributed by atoms with van der Waals surface area (Å²) >= 11 is 0. The average Bonchev–Trinajstić information content (AvgIpc) is 3.09. The van der Waals surface area contributed by atoms with Crippen molar-refractivity contribution in [2.45, 2.75) is 13.5 Å². The van der Waals surface area contributed by atoms with Crippen molar-refractivity contribution < 1.29 is 0 Å². The summed E-state index contributed by atoms with van der Waals surface area (Å²) in [5.74, 6) is 0. The fraction of sp³-hybridized carbons (Fsp3) is 0.182. The van der Waals surface area contributed by atoms with E-state index in [-0.39, 0.29) is 0 Å². The van der Waals surface area contributed by atoms with Crippen molar-refractivity contribution in [2.75, 3.05) is 19.0 Å². The third kappa shape index (κ3) is 2.82. The lowest BCUT2D eigenvalue weighted by molar-refractivity contribution is 1.11. The van der Waals surface area contributed by atoms with E-state index in [2.05, 4.69) is 78.4 Å². The van der Waals surface area contributed by atoms with Gasteiger partial charge in [-0.25, -0.2) is 0 Å². The first-order valence-electron chi connectivity index (χ1n) is 8.50. The van der Waals surface area contributed by atoms with E-state index in [0.717, 1.165) is 23.4 Å². The van der Waals surface area contributed by atoms with E-state index in [4.69, 9.17) is 0 Å². The van der Waals surface area contributed by atoms with E-state index in [1.807, 2.05) is 18.5 Å². The van der Waals surface area contributed by atoms with E-state index >= 15 is 0 Å². The number of nitrogens with zero attached hydrogens (tertiary/aromatic N) is 3. The highest BCUT2D eigenvalue weighted by atomic mass is 15.1. The zero-order valence-electron chi connectivity index (χ0n) is 14.8. The van der Waals surface area contributed by atoms with Gasteiger partial charge in [0.1, 0.15) is 0 Å². The van der Waals surface area contributed by atoms with Gasteiger partial charge in [-0.3, -0.25) is 9.98 Å². The maximum Gasteiger partial charge on any atom is 0.0780 e. The van der Waals surface area contributed by atoms with Gasteiger partial charge in [-0.05, 0) is 53.4 Å². The Morgan fingerprint density at radius 1 is 0.960 bits per heavy atom. The lowest BCUT2D eigenvalue weighted by Crippen LogP contribution is -2.10. The molecule has 0 radical (unpaired) electrons. The minimum atomic E-state index is 0.792. The number of aromatic nitrogens is 1. The van der Waals surface area contributed by atoms with Crippen LogP contribution in [0.1, 0.15) is 16.7 Å². The molecule has 0 aliphatic carbocycles. The highest BCUT2D eigenvalue weighted by Gasteiger charge is 2.13. The molecule has 3 nitrogen and oxygen atoms in total. The van der Waals surface area contributed by atoms with Gasteiger partial charge in [0, 0.05) is 43.3 Å². The molecule has 0 unspecified atom stereocenters. The lowest BCUT2D eigenvalue weighted by atomic mass is 9.95. The van der Waals surface area contributed by atoms with E-state index in [0.29, 0.717) is 0 Å². The summed E-state index contributed by atoms with van der Waals surface area (Å²) in [5.41, 5.74) is 9.49. The van der Waals surface area contributed by atoms with E-state index in [1.54, 1.807) is 0 Å². The molecule has 2 aromatic carbocycles. The summed E-state index contributed by atoms with van der Waals surface area (Å²) in [4.78, 5) is 11.2. The van der Waals surface area contributed by atoms with Crippen LogP contribution in [0.25, 0.3) is 22.4 Å². The summed E-state index contributed by atoms with van der Waals surface area (Å²) in [6, 6.07) is 17.3. The van der Waals surface area contributed by atoms with Crippen LogP contribution >= 0.6 is 0 Å². The first-order valence-corrected chi connectivity index (χ1v) is 8.50. The van der Waals surface area contributed by atoms with Crippen LogP contribution in [0.5, 0.6) is 0 Å². The molecule has 3 heteroatoms. The fourth-order valence-corrected chi connectivity index (χ4v) is 3.44. The summed E-state index contributed by atoms with van der Waals surface area (Å²) in [6.07, 6.45) is 3.83. The number of benzene rings is 2. The van der Waals surface area contributed by atoms with Crippen LogP contribution in [-0.4, -0.2) is 25.3 Å². The monoisotopic (exact) mass is 327 g/mol. The summed E-state index contributed by atoms with van der Waals surface area (Å²) in [5, 5.41) is 0. The molecule has 3 aromatic rings. The maximum absolute atomic E-state index is 4.69. The van der Waals surface area contributed by atoms with Gasteiger partial charge >= 0.3 is 0 Å². The van der Waals surface area contributed by atoms with Gasteiger partial charge in [0.25, 0.3) is 0 Å². The fourth-order valence-electron chi connectivity index (χ4n) is 3.44. The van der Waals surface area contributed by atoms with Gasteiger partial charge in [0.05, 0.1) is 12.2 Å². The van der Waals surface area contributed by atoms with Gasteiger partial charge in [0.2, 0.25) is 0 Å². The van der Waals surface area contributed by atoms with Crippen LogP contribution in [0.15, 0.2) is 59.7 Å². The van der Waals surface area contributed by atoms with Gasteiger partial charge < -0.3 is 4.90 Å². The van der Waals surface area contributed by atoms with Crippen LogP contribution in [0.4, 0.5) is 5.69 Å². The molecule has 25 heavy (non-hydrogen) atoms. The number of hydrogen-bond acceptors (Lipinski definition) is 3. The first kappa shape index (κ1) is 15.6. The van der Waals surface area contributed by atoms with E-state index in [9.17, 15) is 0 Å². The predicted molar refractivity (Wildman–Crippen MR) is 105 cm³/mol. The second kappa shape index (κ2) is 6.17. The number of rotatable bonds is 3. The zero-order chi connectivity index (χ0) is 17.4. The molecule has 0 amide bonds. The minimum absolute atomic E-state index is 0.792. The molecule has 0 fully saturated rings. The van der Waals surface area contributed by atoms with Crippen LogP contribution in [0, 0.1) is 6.92 Å². The lowest BCUT2D eigenvalue weighted by Gasteiger charge is -2.17. The van der Waals surface area contributed by atoms with E-state index in [1.165, 1.54) is 27.9 Å². The number of aryl methyl sites for hydroxylation is 1. The molecule has 1 aliphatic rings. The van der Waals surface area contributed by atoms with Gasteiger partial charge in [-0.2, -0.15) is 0 Å². The average molecular weight is 327 g/mol. The minimum Gasteiger partial charge on any atom is -0.377 e. The Labute approximate surface area is 148 Å². The van der Waals surface area contributed by atoms with Crippen molar-refractivity contribution >= 4 is 11.9 Å². The Bertz CT molecular complexity index is 971. The summed E-state index contributed by atoms with van der Waals surface area (Å²) in [6.45, 7) is 2.94. The quantitative estimate of drug-likeness (QED) is 0.696. The Hall–Kier alpha value is -2.94. The standard InChI is InChI=1S/C22H21N3/c1-15-11-17(8-9-21(15)25(2)3)22-20(5-4-10-24-22)16-6-7-18-13-23-14-19(18)12-16/h4-12,14H,13H2,1-3H3. The van der Waals surface area contributed by atoms with Gasteiger partial charge in [0.15, 0.2) is 0 Å². The van der Waals surface area contributed by atoms with Crippen molar-refractivity contribution in [1.29, 1.82) is 0 Å². The Kier molecular flexibility index (Phi) is 3.85. The van der Waals surface area contributed by atoms with Crippen molar-refractivity contribution in [2.24, 2.45) is 4.99 Å². The van der Waals surface area contributed by atoms with Crippen molar-refractivity contribution in [1.82, 2.24) is 4.98 Å². The molecule has 0 spiro atoms. The molecule has 4 rings (SSSR count). The maximum atomic E-state index is 4.69. The molecule has 0 bridgehead atoms. The molecule has 0 saturated heterocycles. The summed E-state index contributed by atoms with van der Waals surface area (Å²) < 4.78 is 0. The second-order valence-electron chi connectivity index (χ2n) is 6.68. The largest absolute Gasteiger partial charge is 0.377 e. The Morgan fingerprint density at radius 3 is 2.60 bits per heavy atom. The van der Waals surface area contributed by atoms with Crippen molar-refractivity contribution in [3.63, 3.8) is 0 Å². The number of anilines is 1. The molecule has 1 aliphatic heterocycles. The predicted octanol–water partition coefficient (Wildman–Crippen LogP) is 4.72. The van der Waals surface area contributed by atoms with Crippen LogP contribution in [-0.2, 0) is 6.54 Å². The van der Waals surface area contributed by atoms with Crippen molar-refractivity contribution in [3.05, 3.63) is 71.4 Å². The highest BCUT2D eigenvalue weighted by Crippen LogP contribution is 2.33. The normalized spacial score (nSPS) is 12.3. The molecule has 124 valence electrons.